The van der Waals surface area contributed by atoms with E-state index in [-0.39, 0.29) is 12.5 Å². The first kappa shape index (κ1) is 18.3. The van der Waals surface area contributed by atoms with Gasteiger partial charge < -0.3 is 9.47 Å². The van der Waals surface area contributed by atoms with Gasteiger partial charge in [-0.1, -0.05) is 54.6 Å². The molecular formula is C22H17BrN2O3. The van der Waals surface area contributed by atoms with E-state index in [9.17, 15) is 4.79 Å². The van der Waals surface area contributed by atoms with Crippen LogP contribution in [0.4, 0.5) is 0 Å². The molecule has 0 saturated heterocycles. The van der Waals surface area contributed by atoms with E-state index in [4.69, 9.17) is 9.47 Å². The normalized spacial score (nSPS) is 16.3. The first-order valence-corrected chi connectivity index (χ1v) is 9.56. The minimum absolute atomic E-state index is 0.133. The largest absolute Gasteiger partial charge is 0.485 e. The molecule has 1 N–H and O–H groups in total. The number of nitrogens with one attached hydrogen (secondary N) is 1. The molecule has 3 aromatic rings. The number of benzene rings is 3. The maximum Gasteiger partial charge on any atom is 0.284 e. The van der Waals surface area contributed by atoms with Crippen LogP contribution >= 0.6 is 15.9 Å². The van der Waals surface area contributed by atoms with Gasteiger partial charge in [0.25, 0.3) is 5.91 Å². The Bertz CT molecular complexity index is 1060. The van der Waals surface area contributed by atoms with Crippen LogP contribution in [0.3, 0.4) is 0 Å². The van der Waals surface area contributed by atoms with E-state index in [2.05, 4.69) is 26.5 Å². The molecule has 0 spiro atoms. The van der Waals surface area contributed by atoms with Crippen molar-refractivity contribution in [3.63, 3.8) is 0 Å². The zero-order chi connectivity index (χ0) is 19.3. The van der Waals surface area contributed by atoms with Gasteiger partial charge in [-0.3, -0.25) is 4.79 Å². The number of amides is 1. The third kappa shape index (κ3) is 4.23. The number of allylic oxidation sites excluding steroid dienone is 1. The summed E-state index contributed by atoms with van der Waals surface area (Å²) in [6.07, 6.45) is 2.66. The molecule has 1 aliphatic rings. The van der Waals surface area contributed by atoms with Crippen LogP contribution in [-0.2, 0) is 4.79 Å². The number of halogens is 1. The highest BCUT2D eigenvalue weighted by atomic mass is 79.9. The van der Waals surface area contributed by atoms with Crippen LogP contribution in [0.5, 0.6) is 11.5 Å². The summed E-state index contributed by atoms with van der Waals surface area (Å²) in [5.41, 5.74) is 3.52. The maximum absolute atomic E-state index is 12.3. The zero-order valence-electron chi connectivity index (χ0n) is 14.8. The van der Waals surface area contributed by atoms with E-state index in [1.807, 2.05) is 72.8 Å². The molecule has 0 unspecified atom stereocenters. The fourth-order valence-electron chi connectivity index (χ4n) is 2.86. The molecule has 4 rings (SSSR count). The minimum Gasteiger partial charge on any atom is -0.485 e. The van der Waals surface area contributed by atoms with Gasteiger partial charge in [-0.15, -0.1) is 0 Å². The van der Waals surface area contributed by atoms with Gasteiger partial charge in [0.15, 0.2) is 11.5 Å². The smallest absolute Gasteiger partial charge is 0.284 e. The number of fused-ring (bicyclic) bond motifs is 2. The first-order valence-electron chi connectivity index (χ1n) is 8.76. The topological polar surface area (TPSA) is 59.9 Å². The Kier molecular flexibility index (Phi) is 5.39. The van der Waals surface area contributed by atoms with Gasteiger partial charge in [-0.05, 0) is 50.5 Å². The highest BCUT2D eigenvalue weighted by Crippen LogP contribution is 2.35. The zero-order valence-corrected chi connectivity index (χ0v) is 16.4. The third-order valence-electron chi connectivity index (χ3n) is 4.23. The molecular weight excluding hydrogens is 420 g/mol. The number of hydrogen-bond acceptors (Lipinski definition) is 4. The number of carbonyl (C=O) groups excluding carboxylic acids is 1. The van der Waals surface area contributed by atoms with Gasteiger partial charge >= 0.3 is 0 Å². The molecule has 1 amide bonds. The molecule has 0 radical (unpaired) electrons. The van der Waals surface area contributed by atoms with Crippen molar-refractivity contribution >= 4 is 44.9 Å². The van der Waals surface area contributed by atoms with Crippen molar-refractivity contribution in [2.45, 2.75) is 6.10 Å². The molecule has 1 aliphatic heterocycles. The van der Waals surface area contributed by atoms with Gasteiger partial charge in [0.2, 0.25) is 6.10 Å². The highest BCUT2D eigenvalue weighted by Gasteiger charge is 2.27. The summed E-state index contributed by atoms with van der Waals surface area (Å²) in [4.78, 5) is 12.3. The molecule has 0 aromatic heterocycles. The monoisotopic (exact) mass is 436 g/mol. The number of rotatable bonds is 4. The summed E-state index contributed by atoms with van der Waals surface area (Å²) < 4.78 is 12.3. The van der Waals surface area contributed by atoms with Crippen LogP contribution in [0.2, 0.25) is 0 Å². The number of carbonyl (C=O) groups is 1. The fraction of sp³-hybridized carbons (Fsp3) is 0.0909. The first-order chi connectivity index (χ1) is 13.7. The molecule has 1 heterocycles. The molecule has 5 nitrogen and oxygen atoms in total. The summed E-state index contributed by atoms with van der Waals surface area (Å²) in [7, 11) is 0. The molecule has 0 bridgehead atoms. The predicted molar refractivity (Wildman–Crippen MR) is 114 cm³/mol. The van der Waals surface area contributed by atoms with Crippen LogP contribution in [0.25, 0.3) is 16.8 Å². The Morgan fingerprint density at radius 1 is 1.04 bits per heavy atom. The number of ether oxygens (including phenoxy) is 2. The predicted octanol–water partition coefficient (Wildman–Crippen LogP) is 4.52. The molecule has 1 atom stereocenters. The number of hydrogen-bond donors (Lipinski definition) is 1. The van der Waals surface area contributed by atoms with Crippen LogP contribution in [0.15, 0.2) is 76.3 Å². The van der Waals surface area contributed by atoms with E-state index in [1.165, 1.54) is 6.21 Å². The van der Waals surface area contributed by atoms with Crippen molar-refractivity contribution in [3.05, 3.63) is 76.8 Å². The van der Waals surface area contributed by atoms with E-state index in [0.717, 1.165) is 20.8 Å². The van der Waals surface area contributed by atoms with Crippen LogP contribution in [0, 0.1) is 0 Å². The molecule has 0 saturated carbocycles. The Hall–Kier alpha value is -3.12. The molecule has 140 valence electrons. The second-order valence-corrected chi connectivity index (χ2v) is 7.15. The van der Waals surface area contributed by atoms with Crippen molar-refractivity contribution in [1.82, 2.24) is 5.43 Å². The second kappa shape index (κ2) is 8.27. The fourth-order valence-corrected chi connectivity index (χ4v) is 3.23. The lowest BCUT2D eigenvalue weighted by Crippen LogP contribution is -2.42. The van der Waals surface area contributed by atoms with Crippen LogP contribution < -0.4 is 14.9 Å². The van der Waals surface area contributed by atoms with E-state index < -0.39 is 6.10 Å². The molecule has 0 fully saturated rings. The Labute approximate surface area is 170 Å². The average Bonchev–Trinajstić information content (AvgIpc) is 2.72. The summed E-state index contributed by atoms with van der Waals surface area (Å²) >= 11 is 3.41. The summed E-state index contributed by atoms with van der Waals surface area (Å²) in [6, 6.07) is 21.5. The van der Waals surface area contributed by atoms with Gasteiger partial charge in [0, 0.05) is 4.48 Å². The quantitative estimate of drug-likeness (QED) is 0.483. The van der Waals surface area contributed by atoms with Crippen molar-refractivity contribution in [1.29, 1.82) is 0 Å². The van der Waals surface area contributed by atoms with Gasteiger partial charge in [0.05, 0.1) is 6.21 Å². The number of nitrogens with zero attached hydrogens (tertiary/aromatic N) is 1. The lowest BCUT2D eigenvalue weighted by atomic mass is 10.1. The van der Waals surface area contributed by atoms with Crippen LogP contribution in [-0.4, -0.2) is 24.8 Å². The number of hydrazone groups is 1. The Morgan fingerprint density at radius 2 is 1.71 bits per heavy atom. The van der Waals surface area contributed by atoms with E-state index >= 15 is 0 Å². The molecule has 6 heteroatoms. The lowest BCUT2D eigenvalue weighted by Gasteiger charge is -2.25. The SMILES string of the molecule is O=C(N/N=C/C(Br)=C/c1ccccc1)[C@H]1COc2cc3ccccc3cc2O1. The van der Waals surface area contributed by atoms with Gasteiger partial charge in [-0.2, -0.15) is 5.10 Å². The second-order valence-electron chi connectivity index (χ2n) is 6.24. The standard InChI is InChI=1S/C22H17BrN2O3/c23-18(10-15-6-2-1-3-7-15)13-24-25-22(26)21-14-27-19-11-16-8-4-5-9-17(16)12-20(19)28-21/h1-13,21H,14H2,(H,25,26)/b18-10-,24-13+/t21-/m1/s1. The third-order valence-corrected chi connectivity index (χ3v) is 4.66. The lowest BCUT2D eigenvalue weighted by molar-refractivity contribution is -0.130. The molecule has 28 heavy (non-hydrogen) atoms. The van der Waals surface area contributed by atoms with Gasteiger partial charge in [-0.25, -0.2) is 5.43 Å². The average molecular weight is 437 g/mol. The highest BCUT2D eigenvalue weighted by molar-refractivity contribution is 9.12. The summed E-state index contributed by atoms with van der Waals surface area (Å²) in [5.74, 6) is 0.828. The summed E-state index contributed by atoms with van der Waals surface area (Å²) in [5, 5.41) is 6.06. The van der Waals surface area contributed by atoms with E-state index in [1.54, 1.807) is 0 Å². The van der Waals surface area contributed by atoms with Crippen molar-refractivity contribution < 1.29 is 14.3 Å². The van der Waals surface area contributed by atoms with Crippen molar-refractivity contribution in [2.75, 3.05) is 6.61 Å². The Balaban J connectivity index is 1.39. The Morgan fingerprint density at radius 3 is 2.46 bits per heavy atom. The van der Waals surface area contributed by atoms with Crippen LogP contribution in [0.1, 0.15) is 5.56 Å². The molecule has 3 aromatic carbocycles. The minimum atomic E-state index is -0.761. The van der Waals surface area contributed by atoms with E-state index in [0.29, 0.717) is 11.5 Å². The molecule has 0 aliphatic carbocycles. The summed E-state index contributed by atoms with van der Waals surface area (Å²) in [6.45, 7) is 0.133. The maximum atomic E-state index is 12.3. The van der Waals surface area contributed by atoms with Crippen molar-refractivity contribution in [3.8, 4) is 11.5 Å². The van der Waals surface area contributed by atoms with Gasteiger partial charge in [0.1, 0.15) is 6.61 Å². The van der Waals surface area contributed by atoms with Crippen molar-refractivity contribution in [2.24, 2.45) is 5.10 Å².